The SMILES string of the molecule is CN1CCC(O)(CNc2ncncc2C(=O)O)CC1. The van der Waals surface area contributed by atoms with Gasteiger partial charge in [0.15, 0.2) is 0 Å². The maximum absolute atomic E-state index is 11.0. The summed E-state index contributed by atoms with van der Waals surface area (Å²) in [5, 5.41) is 22.3. The van der Waals surface area contributed by atoms with Gasteiger partial charge in [-0.1, -0.05) is 0 Å². The first kappa shape index (κ1) is 13.7. The number of aromatic carboxylic acids is 1. The molecule has 0 bridgehead atoms. The molecule has 1 fully saturated rings. The first-order valence-electron chi connectivity index (χ1n) is 6.18. The molecular weight excluding hydrogens is 248 g/mol. The van der Waals surface area contributed by atoms with E-state index in [1.165, 1.54) is 12.5 Å². The van der Waals surface area contributed by atoms with Gasteiger partial charge < -0.3 is 20.4 Å². The van der Waals surface area contributed by atoms with Crippen molar-refractivity contribution in [2.45, 2.75) is 18.4 Å². The summed E-state index contributed by atoms with van der Waals surface area (Å²) < 4.78 is 0. The van der Waals surface area contributed by atoms with E-state index in [1.807, 2.05) is 7.05 Å². The molecule has 0 spiro atoms. The molecule has 19 heavy (non-hydrogen) atoms. The summed E-state index contributed by atoms with van der Waals surface area (Å²) in [6.45, 7) is 1.94. The van der Waals surface area contributed by atoms with Gasteiger partial charge in [0.25, 0.3) is 0 Å². The highest BCUT2D eigenvalue weighted by Crippen LogP contribution is 2.22. The molecule has 1 saturated heterocycles. The second-order valence-electron chi connectivity index (χ2n) is 4.97. The van der Waals surface area contributed by atoms with E-state index in [0.29, 0.717) is 12.8 Å². The Balaban J connectivity index is 2.01. The largest absolute Gasteiger partial charge is 0.477 e. The molecule has 1 aliphatic heterocycles. The van der Waals surface area contributed by atoms with Gasteiger partial charge in [-0.3, -0.25) is 0 Å². The van der Waals surface area contributed by atoms with Crippen molar-refractivity contribution in [3.8, 4) is 0 Å². The third kappa shape index (κ3) is 3.39. The molecule has 2 rings (SSSR count). The maximum Gasteiger partial charge on any atom is 0.341 e. The summed E-state index contributed by atoms with van der Waals surface area (Å²) in [7, 11) is 2.01. The van der Waals surface area contributed by atoms with E-state index in [0.717, 1.165) is 13.1 Å². The van der Waals surface area contributed by atoms with Crippen molar-refractivity contribution in [1.82, 2.24) is 14.9 Å². The number of carboxylic acids is 1. The van der Waals surface area contributed by atoms with Gasteiger partial charge in [0.05, 0.1) is 5.60 Å². The van der Waals surface area contributed by atoms with E-state index in [4.69, 9.17) is 5.11 Å². The summed E-state index contributed by atoms with van der Waals surface area (Å²) in [5.41, 5.74) is -0.799. The first-order chi connectivity index (χ1) is 9.00. The molecule has 0 saturated carbocycles. The van der Waals surface area contributed by atoms with Crippen molar-refractivity contribution in [3.05, 3.63) is 18.1 Å². The van der Waals surface area contributed by atoms with Crippen LogP contribution in [-0.4, -0.2) is 63.3 Å². The third-order valence-electron chi connectivity index (χ3n) is 3.45. The van der Waals surface area contributed by atoms with Crippen molar-refractivity contribution in [2.24, 2.45) is 0 Å². The second kappa shape index (κ2) is 5.50. The molecular formula is C12H18N4O3. The van der Waals surface area contributed by atoms with E-state index >= 15 is 0 Å². The van der Waals surface area contributed by atoms with Crippen LogP contribution in [0.15, 0.2) is 12.5 Å². The van der Waals surface area contributed by atoms with Crippen LogP contribution in [0.25, 0.3) is 0 Å². The summed E-state index contributed by atoms with van der Waals surface area (Å²) >= 11 is 0. The lowest BCUT2D eigenvalue weighted by Crippen LogP contribution is -2.47. The van der Waals surface area contributed by atoms with Gasteiger partial charge in [0.1, 0.15) is 17.7 Å². The van der Waals surface area contributed by atoms with Crippen molar-refractivity contribution in [1.29, 1.82) is 0 Å². The minimum absolute atomic E-state index is 0.0130. The second-order valence-corrected chi connectivity index (χ2v) is 4.97. The smallest absolute Gasteiger partial charge is 0.341 e. The van der Waals surface area contributed by atoms with Crippen molar-refractivity contribution in [2.75, 3.05) is 32.0 Å². The Kier molecular flexibility index (Phi) is 3.96. The van der Waals surface area contributed by atoms with Gasteiger partial charge in [-0.2, -0.15) is 0 Å². The molecule has 2 heterocycles. The molecule has 1 aromatic heterocycles. The fourth-order valence-electron chi connectivity index (χ4n) is 2.09. The summed E-state index contributed by atoms with van der Waals surface area (Å²) in [6, 6.07) is 0. The lowest BCUT2D eigenvalue weighted by atomic mass is 9.91. The van der Waals surface area contributed by atoms with Gasteiger partial charge in [-0.05, 0) is 19.9 Å². The van der Waals surface area contributed by atoms with Crippen LogP contribution in [0.1, 0.15) is 23.2 Å². The monoisotopic (exact) mass is 266 g/mol. The van der Waals surface area contributed by atoms with Crippen LogP contribution in [0.5, 0.6) is 0 Å². The minimum atomic E-state index is -1.08. The lowest BCUT2D eigenvalue weighted by molar-refractivity contribution is -0.00413. The van der Waals surface area contributed by atoms with Crippen LogP contribution in [0, 0.1) is 0 Å². The average molecular weight is 266 g/mol. The van der Waals surface area contributed by atoms with E-state index in [9.17, 15) is 9.90 Å². The molecule has 0 radical (unpaired) electrons. The average Bonchev–Trinajstić information content (AvgIpc) is 2.41. The fourth-order valence-corrected chi connectivity index (χ4v) is 2.09. The molecule has 0 atom stereocenters. The highest BCUT2D eigenvalue weighted by Gasteiger charge is 2.31. The number of likely N-dealkylation sites (tertiary alicyclic amines) is 1. The Labute approximate surface area is 111 Å². The standard InChI is InChI=1S/C12H18N4O3/c1-16-4-2-12(19,3-5-16)7-14-10-9(11(17)18)6-13-8-15-10/h6,8,19H,2-5,7H2,1H3,(H,17,18)(H,13,14,15). The number of aliphatic hydroxyl groups is 1. The maximum atomic E-state index is 11.0. The van der Waals surface area contributed by atoms with Crippen molar-refractivity contribution >= 4 is 11.8 Å². The molecule has 104 valence electrons. The van der Waals surface area contributed by atoms with Crippen LogP contribution in [0.4, 0.5) is 5.82 Å². The normalized spacial score (nSPS) is 19.1. The van der Waals surface area contributed by atoms with E-state index < -0.39 is 11.6 Å². The third-order valence-corrected chi connectivity index (χ3v) is 3.45. The Bertz CT molecular complexity index is 458. The number of carbonyl (C=O) groups is 1. The van der Waals surface area contributed by atoms with Crippen LogP contribution in [0.3, 0.4) is 0 Å². The molecule has 0 aromatic carbocycles. The highest BCUT2D eigenvalue weighted by atomic mass is 16.4. The van der Waals surface area contributed by atoms with Gasteiger partial charge in [-0.15, -0.1) is 0 Å². The van der Waals surface area contributed by atoms with Gasteiger partial charge >= 0.3 is 5.97 Å². The van der Waals surface area contributed by atoms with Crippen molar-refractivity contribution < 1.29 is 15.0 Å². The highest BCUT2D eigenvalue weighted by molar-refractivity contribution is 5.92. The molecule has 7 nitrogen and oxygen atoms in total. The zero-order valence-electron chi connectivity index (χ0n) is 10.8. The Morgan fingerprint density at radius 3 is 2.84 bits per heavy atom. The summed E-state index contributed by atoms with van der Waals surface area (Å²) in [5.74, 6) is -0.840. The Morgan fingerprint density at radius 1 is 1.53 bits per heavy atom. The van der Waals surface area contributed by atoms with Crippen LogP contribution in [-0.2, 0) is 0 Å². The predicted octanol–water partition coefficient (Wildman–Crippen LogP) is 0.0434. The number of nitrogens with zero attached hydrogens (tertiary/aromatic N) is 3. The van der Waals surface area contributed by atoms with E-state index in [2.05, 4.69) is 20.2 Å². The number of nitrogens with one attached hydrogen (secondary N) is 1. The number of hydrogen-bond donors (Lipinski definition) is 3. The fraction of sp³-hybridized carbons (Fsp3) is 0.583. The molecule has 0 unspecified atom stereocenters. The number of aromatic nitrogens is 2. The Morgan fingerprint density at radius 2 is 2.21 bits per heavy atom. The van der Waals surface area contributed by atoms with E-state index in [1.54, 1.807) is 0 Å². The minimum Gasteiger partial charge on any atom is -0.477 e. The number of rotatable bonds is 4. The number of carboxylic acid groups (broad SMARTS) is 1. The quantitative estimate of drug-likeness (QED) is 0.707. The van der Waals surface area contributed by atoms with Gasteiger partial charge in [0.2, 0.25) is 0 Å². The molecule has 7 heteroatoms. The number of piperidine rings is 1. The van der Waals surface area contributed by atoms with Crippen LogP contribution < -0.4 is 5.32 Å². The van der Waals surface area contributed by atoms with E-state index in [-0.39, 0.29) is 17.9 Å². The molecule has 1 aromatic rings. The number of anilines is 1. The zero-order valence-corrected chi connectivity index (χ0v) is 10.8. The molecule has 3 N–H and O–H groups in total. The first-order valence-corrected chi connectivity index (χ1v) is 6.18. The number of hydrogen-bond acceptors (Lipinski definition) is 6. The molecule has 0 amide bonds. The van der Waals surface area contributed by atoms with Crippen LogP contribution in [0.2, 0.25) is 0 Å². The van der Waals surface area contributed by atoms with Crippen LogP contribution >= 0.6 is 0 Å². The topological polar surface area (TPSA) is 98.6 Å². The summed E-state index contributed by atoms with van der Waals surface area (Å²) in [6.07, 6.45) is 3.85. The lowest BCUT2D eigenvalue weighted by Gasteiger charge is -2.36. The van der Waals surface area contributed by atoms with Crippen molar-refractivity contribution in [3.63, 3.8) is 0 Å². The molecule has 0 aliphatic carbocycles. The summed E-state index contributed by atoms with van der Waals surface area (Å²) in [4.78, 5) is 20.8. The zero-order chi connectivity index (χ0) is 13.9. The predicted molar refractivity (Wildman–Crippen MR) is 69.2 cm³/mol. The Hall–Kier alpha value is -1.73. The molecule has 1 aliphatic rings. The van der Waals surface area contributed by atoms with Gasteiger partial charge in [0, 0.05) is 25.8 Å². The van der Waals surface area contributed by atoms with Gasteiger partial charge in [-0.25, -0.2) is 14.8 Å².